The van der Waals surface area contributed by atoms with Crippen molar-refractivity contribution in [3.63, 3.8) is 0 Å². The summed E-state index contributed by atoms with van der Waals surface area (Å²) in [7, 11) is 2.92. The van der Waals surface area contributed by atoms with Gasteiger partial charge in [0.25, 0.3) is 9.05 Å². The van der Waals surface area contributed by atoms with Crippen LogP contribution in [0.3, 0.4) is 0 Å². The molecule has 0 heterocycles. The van der Waals surface area contributed by atoms with E-state index in [1.807, 2.05) is 0 Å². The van der Waals surface area contributed by atoms with Crippen molar-refractivity contribution in [1.82, 2.24) is 0 Å². The Hall–Kier alpha value is -2.44. The molecule has 0 aliphatic carbocycles. The van der Waals surface area contributed by atoms with Gasteiger partial charge in [0.1, 0.15) is 11.6 Å². The molecular weight excluding hydrogens is 367 g/mol. The Morgan fingerprint density at radius 3 is 2.32 bits per heavy atom. The van der Waals surface area contributed by atoms with Gasteiger partial charge in [-0.2, -0.15) is 0 Å². The molecule has 25 heavy (non-hydrogen) atoms. The zero-order valence-electron chi connectivity index (χ0n) is 13.0. The van der Waals surface area contributed by atoms with E-state index in [9.17, 15) is 17.6 Å². The van der Waals surface area contributed by atoms with Gasteiger partial charge in [-0.3, -0.25) is 4.79 Å². The van der Waals surface area contributed by atoms with E-state index in [4.69, 9.17) is 15.4 Å². The third-order valence-electron chi connectivity index (χ3n) is 3.79. The largest absolute Gasteiger partial charge is 0.496 e. The minimum atomic E-state index is -3.89. The van der Waals surface area contributed by atoms with Crippen LogP contribution in [0.15, 0.2) is 59.5 Å². The summed E-state index contributed by atoms with van der Waals surface area (Å²) in [6, 6.07) is 12.6. The van der Waals surface area contributed by atoms with Crippen LogP contribution in [-0.2, 0) is 9.05 Å². The normalized spacial score (nSPS) is 11.5. The monoisotopic (exact) mass is 378 g/mol. The van der Waals surface area contributed by atoms with Crippen LogP contribution in [0.5, 0.6) is 5.75 Å². The van der Waals surface area contributed by atoms with Crippen molar-refractivity contribution < 1.29 is 22.3 Å². The number of hydrogen-bond donors (Lipinski definition) is 0. The SMILES string of the molecule is COc1ccc2cc(S(=O)(=O)Cl)ccc2c1C(=O)c1ccc(F)cc1. The first kappa shape index (κ1) is 17.4. The van der Waals surface area contributed by atoms with Gasteiger partial charge in [-0.25, -0.2) is 12.8 Å². The van der Waals surface area contributed by atoms with Gasteiger partial charge < -0.3 is 4.74 Å². The molecule has 3 aromatic rings. The van der Waals surface area contributed by atoms with Crippen LogP contribution >= 0.6 is 10.7 Å². The third kappa shape index (κ3) is 3.36. The Kier molecular flexibility index (Phi) is 4.49. The molecule has 0 saturated heterocycles. The predicted molar refractivity (Wildman–Crippen MR) is 93.4 cm³/mol. The second-order valence-corrected chi connectivity index (χ2v) is 7.87. The predicted octanol–water partition coefficient (Wildman–Crippen LogP) is 4.15. The molecule has 128 valence electrons. The van der Waals surface area contributed by atoms with Gasteiger partial charge in [0, 0.05) is 16.2 Å². The molecule has 3 aromatic carbocycles. The van der Waals surface area contributed by atoms with Crippen LogP contribution in [-0.4, -0.2) is 21.3 Å². The summed E-state index contributed by atoms with van der Waals surface area (Å²) in [4.78, 5) is 12.8. The molecule has 0 atom stereocenters. The van der Waals surface area contributed by atoms with Gasteiger partial charge in [-0.05, 0) is 53.2 Å². The molecule has 0 fully saturated rings. The summed E-state index contributed by atoms with van der Waals surface area (Å²) in [5.41, 5.74) is 0.561. The van der Waals surface area contributed by atoms with Crippen LogP contribution < -0.4 is 4.74 Å². The molecule has 7 heteroatoms. The molecule has 0 bridgehead atoms. The maximum atomic E-state index is 13.1. The van der Waals surface area contributed by atoms with Crippen LogP contribution in [0.1, 0.15) is 15.9 Å². The lowest BCUT2D eigenvalue weighted by Gasteiger charge is -2.12. The number of fused-ring (bicyclic) bond motifs is 1. The second kappa shape index (κ2) is 6.46. The third-order valence-corrected chi connectivity index (χ3v) is 5.14. The second-order valence-electron chi connectivity index (χ2n) is 5.30. The van der Waals surface area contributed by atoms with Gasteiger partial charge in [0.05, 0.1) is 17.6 Å². The summed E-state index contributed by atoms with van der Waals surface area (Å²) >= 11 is 0. The van der Waals surface area contributed by atoms with Crippen LogP contribution in [0, 0.1) is 5.82 Å². The van der Waals surface area contributed by atoms with E-state index in [0.717, 1.165) is 0 Å². The molecule has 3 rings (SSSR count). The van der Waals surface area contributed by atoms with Crippen LogP contribution in [0.4, 0.5) is 4.39 Å². The highest BCUT2D eigenvalue weighted by Gasteiger charge is 2.20. The fourth-order valence-electron chi connectivity index (χ4n) is 2.59. The van der Waals surface area contributed by atoms with Crippen molar-refractivity contribution in [2.45, 2.75) is 4.90 Å². The Labute approximate surface area is 148 Å². The van der Waals surface area contributed by atoms with E-state index in [-0.39, 0.29) is 16.2 Å². The molecule has 0 spiro atoms. The van der Waals surface area contributed by atoms with Crippen molar-refractivity contribution in [1.29, 1.82) is 0 Å². The number of ketones is 1. The van der Waals surface area contributed by atoms with Crippen molar-refractivity contribution in [2.24, 2.45) is 0 Å². The molecule has 0 N–H and O–H groups in total. The van der Waals surface area contributed by atoms with Crippen LogP contribution in [0.2, 0.25) is 0 Å². The number of methoxy groups -OCH3 is 1. The Morgan fingerprint density at radius 2 is 1.72 bits per heavy atom. The highest BCUT2D eigenvalue weighted by molar-refractivity contribution is 8.13. The summed E-state index contributed by atoms with van der Waals surface area (Å²) in [5, 5.41) is 1.03. The van der Waals surface area contributed by atoms with Gasteiger partial charge in [-0.1, -0.05) is 12.1 Å². The molecule has 0 saturated carbocycles. The Bertz CT molecular complexity index is 1080. The first-order valence-corrected chi connectivity index (χ1v) is 9.48. The van der Waals surface area contributed by atoms with Gasteiger partial charge in [0.2, 0.25) is 0 Å². The van der Waals surface area contributed by atoms with Crippen LogP contribution in [0.25, 0.3) is 10.8 Å². The van der Waals surface area contributed by atoms with Crippen molar-refractivity contribution in [2.75, 3.05) is 7.11 Å². The van der Waals surface area contributed by atoms with E-state index in [0.29, 0.717) is 22.1 Å². The highest BCUT2D eigenvalue weighted by Crippen LogP contribution is 2.32. The molecule has 0 amide bonds. The van der Waals surface area contributed by atoms with E-state index < -0.39 is 14.9 Å². The van der Waals surface area contributed by atoms with E-state index in [1.54, 1.807) is 12.1 Å². The van der Waals surface area contributed by atoms with Gasteiger partial charge >= 0.3 is 0 Å². The lowest BCUT2D eigenvalue weighted by molar-refractivity contribution is 0.103. The minimum Gasteiger partial charge on any atom is -0.496 e. The topological polar surface area (TPSA) is 60.4 Å². The maximum absolute atomic E-state index is 13.1. The fraction of sp³-hybridized carbons (Fsp3) is 0.0556. The number of benzene rings is 3. The number of hydrogen-bond acceptors (Lipinski definition) is 4. The minimum absolute atomic E-state index is 0.0629. The average molecular weight is 379 g/mol. The maximum Gasteiger partial charge on any atom is 0.261 e. The number of ether oxygens (including phenoxy) is 1. The first-order chi connectivity index (χ1) is 11.8. The molecule has 0 aliphatic heterocycles. The molecule has 0 unspecified atom stereocenters. The fourth-order valence-corrected chi connectivity index (χ4v) is 3.38. The average Bonchev–Trinajstić information content (AvgIpc) is 2.59. The van der Waals surface area contributed by atoms with E-state index in [1.165, 1.54) is 49.6 Å². The zero-order chi connectivity index (χ0) is 18.2. The smallest absolute Gasteiger partial charge is 0.261 e. The Balaban J connectivity index is 2.24. The summed E-state index contributed by atoms with van der Waals surface area (Å²) < 4.78 is 41.4. The van der Waals surface area contributed by atoms with E-state index in [2.05, 4.69) is 0 Å². The van der Waals surface area contributed by atoms with Crippen molar-refractivity contribution >= 4 is 36.3 Å². The zero-order valence-corrected chi connectivity index (χ0v) is 14.6. The lowest BCUT2D eigenvalue weighted by Crippen LogP contribution is -2.05. The quantitative estimate of drug-likeness (QED) is 0.505. The molecule has 0 radical (unpaired) electrons. The summed E-state index contributed by atoms with van der Waals surface area (Å²) in [6.45, 7) is 0. The van der Waals surface area contributed by atoms with Crippen molar-refractivity contribution in [3.05, 3.63) is 71.5 Å². The lowest BCUT2D eigenvalue weighted by atomic mass is 9.96. The molecule has 0 aromatic heterocycles. The highest BCUT2D eigenvalue weighted by atomic mass is 35.7. The number of rotatable bonds is 4. The number of carbonyl (C=O) groups is 1. The van der Waals surface area contributed by atoms with Gasteiger partial charge in [0.15, 0.2) is 5.78 Å². The Morgan fingerprint density at radius 1 is 1.04 bits per heavy atom. The van der Waals surface area contributed by atoms with E-state index >= 15 is 0 Å². The first-order valence-electron chi connectivity index (χ1n) is 7.17. The molecular formula is C18H12ClFO4S. The summed E-state index contributed by atoms with van der Waals surface area (Å²) in [5.74, 6) is -0.467. The van der Waals surface area contributed by atoms with Gasteiger partial charge in [-0.15, -0.1) is 0 Å². The summed E-state index contributed by atoms with van der Waals surface area (Å²) in [6.07, 6.45) is 0. The number of halogens is 2. The number of carbonyl (C=O) groups excluding carboxylic acids is 1. The molecule has 4 nitrogen and oxygen atoms in total. The standard InChI is InChI=1S/C18H12ClFO4S/c1-24-16-9-4-12-10-14(25(19,22)23)7-8-15(12)17(16)18(21)11-2-5-13(20)6-3-11/h2-10H,1H3. The van der Waals surface area contributed by atoms with Crippen molar-refractivity contribution in [3.8, 4) is 5.75 Å². The molecule has 0 aliphatic rings.